The summed E-state index contributed by atoms with van der Waals surface area (Å²) in [6.07, 6.45) is 1.24. The van der Waals surface area contributed by atoms with E-state index in [-0.39, 0.29) is 5.91 Å². The van der Waals surface area contributed by atoms with E-state index in [1.165, 1.54) is 16.9 Å². The summed E-state index contributed by atoms with van der Waals surface area (Å²) < 4.78 is 5.36. The number of aromatic nitrogens is 1. The van der Waals surface area contributed by atoms with Crippen molar-refractivity contribution >= 4 is 45.1 Å². The third-order valence-electron chi connectivity index (χ3n) is 4.47. The maximum atomic E-state index is 12.3. The van der Waals surface area contributed by atoms with E-state index < -0.39 is 5.63 Å². The summed E-state index contributed by atoms with van der Waals surface area (Å²) in [7, 11) is 0. The van der Waals surface area contributed by atoms with E-state index in [1.54, 1.807) is 17.5 Å². The Morgan fingerprint density at radius 3 is 2.77 bits per heavy atom. The molecule has 2 aromatic heterocycles. The van der Waals surface area contributed by atoms with Crippen LogP contribution in [0.1, 0.15) is 18.4 Å². The Morgan fingerprint density at radius 2 is 1.90 bits per heavy atom. The van der Waals surface area contributed by atoms with E-state index in [9.17, 15) is 9.59 Å². The van der Waals surface area contributed by atoms with Crippen molar-refractivity contribution in [3.05, 3.63) is 82.0 Å². The lowest BCUT2D eigenvalue weighted by atomic mass is 10.1. The van der Waals surface area contributed by atoms with Crippen LogP contribution >= 0.6 is 23.1 Å². The molecule has 1 amide bonds. The van der Waals surface area contributed by atoms with Gasteiger partial charge in [0.05, 0.1) is 11.3 Å². The molecule has 0 radical (unpaired) electrons. The number of hydrogen-bond donors (Lipinski definition) is 1. The molecule has 4 rings (SSSR count). The molecule has 0 aliphatic rings. The predicted octanol–water partition coefficient (Wildman–Crippen LogP) is 5.57. The summed E-state index contributed by atoms with van der Waals surface area (Å²) >= 11 is 3.12. The number of fused-ring (bicyclic) bond motifs is 1. The number of para-hydroxylation sites is 1. The van der Waals surface area contributed by atoms with Crippen LogP contribution in [0.15, 0.2) is 75.3 Å². The summed E-state index contributed by atoms with van der Waals surface area (Å²) in [5, 5.41) is 5.90. The fourth-order valence-electron chi connectivity index (χ4n) is 2.98. The van der Waals surface area contributed by atoms with Gasteiger partial charge in [-0.3, -0.25) is 4.79 Å². The quantitative estimate of drug-likeness (QED) is 0.289. The molecule has 0 spiro atoms. The number of rotatable bonds is 8. The summed E-state index contributed by atoms with van der Waals surface area (Å²) in [6.45, 7) is 0. The van der Waals surface area contributed by atoms with Crippen molar-refractivity contribution in [1.82, 2.24) is 4.98 Å². The molecule has 2 heterocycles. The summed E-state index contributed by atoms with van der Waals surface area (Å²) in [6, 6.07) is 19.4. The molecular formula is C23H20N2O3S2. The minimum atomic E-state index is -0.438. The Balaban J connectivity index is 1.29. The number of benzene rings is 2. The third-order valence-corrected chi connectivity index (χ3v) is 6.34. The monoisotopic (exact) mass is 436 g/mol. The number of anilines is 1. The van der Waals surface area contributed by atoms with Gasteiger partial charge >= 0.3 is 5.63 Å². The van der Waals surface area contributed by atoms with Crippen molar-refractivity contribution < 1.29 is 9.21 Å². The van der Waals surface area contributed by atoms with Gasteiger partial charge in [0.25, 0.3) is 0 Å². The Kier molecular flexibility index (Phi) is 6.61. The second-order valence-corrected chi connectivity index (χ2v) is 8.68. The van der Waals surface area contributed by atoms with Crippen molar-refractivity contribution in [2.75, 3.05) is 11.1 Å². The molecule has 0 aliphatic carbocycles. The molecule has 152 valence electrons. The van der Waals surface area contributed by atoms with E-state index in [0.717, 1.165) is 23.3 Å². The minimum Gasteiger partial charge on any atom is -0.422 e. The van der Waals surface area contributed by atoms with Crippen molar-refractivity contribution in [3.8, 4) is 11.3 Å². The van der Waals surface area contributed by atoms with Crippen LogP contribution in [0.5, 0.6) is 0 Å². The molecule has 0 unspecified atom stereocenters. The summed E-state index contributed by atoms with van der Waals surface area (Å²) in [5.74, 6) is 1.80. The first-order valence-corrected chi connectivity index (χ1v) is 11.6. The van der Waals surface area contributed by atoms with E-state index in [0.29, 0.717) is 28.4 Å². The van der Waals surface area contributed by atoms with Crippen LogP contribution in [0.4, 0.5) is 5.13 Å². The molecule has 7 heteroatoms. The Morgan fingerprint density at radius 1 is 1.10 bits per heavy atom. The van der Waals surface area contributed by atoms with Crippen LogP contribution in [0, 0.1) is 0 Å². The number of thiazole rings is 1. The lowest BCUT2D eigenvalue weighted by Crippen LogP contribution is -2.11. The van der Waals surface area contributed by atoms with Gasteiger partial charge in [-0.2, -0.15) is 11.8 Å². The molecule has 0 aliphatic heterocycles. The number of nitrogens with zero attached hydrogens (tertiary/aromatic N) is 1. The molecule has 5 nitrogen and oxygen atoms in total. The van der Waals surface area contributed by atoms with Gasteiger partial charge in [-0.25, -0.2) is 9.78 Å². The number of amides is 1. The van der Waals surface area contributed by atoms with Crippen LogP contribution in [0.3, 0.4) is 0 Å². The fraction of sp³-hybridized carbons (Fsp3) is 0.174. The van der Waals surface area contributed by atoms with Gasteiger partial charge in [0.1, 0.15) is 5.58 Å². The first-order chi connectivity index (χ1) is 14.7. The van der Waals surface area contributed by atoms with Gasteiger partial charge in [-0.05, 0) is 29.9 Å². The van der Waals surface area contributed by atoms with Crippen molar-refractivity contribution in [2.45, 2.75) is 18.6 Å². The number of carbonyl (C=O) groups is 1. The van der Waals surface area contributed by atoms with Crippen LogP contribution in [-0.2, 0) is 10.5 Å². The van der Waals surface area contributed by atoms with Gasteiger partial charge in [0, 0.05) is 22.9 Å². The molecule has 30 heavy (non-hydrogen) atoms. The van der Waals surface area contributed by atoms with Gasteiger partial charge in [-0.15, -0.1) is 11.3 Å². The lowest BCUT2D eigenvalue weighted by molar-refractivity contribution is -0.116. The maximum absolute atomic E-state index is 12.3. The summed E-state index contributed by atoms with van der Waals surface area (Å²) in [5.41, 5.74) is 2.30. The zero-order valence-corrected chi connectivity index (χ0v) is 17.8. The van der Waals surface area contributed by atoms with Crippen LogP contribution in [0.25, 0.3) is 22.2 Å². The molecule has 0 atom stereocenters. The SMILES string of the molecule is O=C(CCCSCc1ccccc1)Nc1nc(-c2cc3ccccc3oc2=O)cs1. The van der Waals surface area contributed by atoms with E-state index in [2.05, 4.69) is 22.4 Å². The van der Waals surface area contributed by atoms with Crippen LogP contribution in [-0.4, -0.2) is 16.6 Å². The van der Waals surface area contributed by atoms with E-state index in [1.807, 2.05) is 48.2 Å². The largest absolute Gasteiger partial charge is 0.422 e. The molecule has 0 saturated carbocycles. The first-order valence-electron chi connectivity index (χ1n) is 9.59. The lowest BCUT2D eigenvalue weighted by Gasteiger charge is -2.03. The van der Waals surface area contributed by atoms with E-state index >= 15 is 0 Å². The van der Waals surface area contributed by atoms with E-state index in [4.69, 9.17) is 4.42 Å². The van der Waals surface area contributed by atoms with Gasteiger partial charge in [0.15, 0.2) is 5.13 Å². The normalized spacial score (nSPS) is 10.9. The number of thioether (sulfide) groups is 1. The molecule has 4 aromatic rings. The smallest absolute Gasteiger partial charge is 0.345 e. The van der Waals surface area contributed by atoms with Crippen molar-refractivity contribution in [3.63, 3.8) is 0 Å². The molecule has 2 aromatic carbocycles. The minimum absolute atomic E-state index is 0.0678. The zero-order chi connectivity index (χ0) is 20.8. The number of carbonyl (C=O) groups excluding carboxylic acids is 1. The highest BCUT2D eigenvalue weighted by Crippen LogP contribution is 2.25. The number of nitrogens with one attached hydrogen (secondary N) is 1. The second-order valence-electron chi connectivity index (χ2n) is 6.71. The zero-order valence-electron chi connectivity index (χ0n) is 16.2. The molecular weight excluding hydrogens is 416 g/mol. The van der Waals surface area contributed by atoms with Gasteiger partial charge < -0.3 is 9.73 Å². The Bertz CT molecular complexity index is 1200. The highest BCUT2D eigenvalue weighted by Gasteiger charge is 2.13. The molecule has 0 bridgehead atoms. The van der Waals surface area contributed by atoms with Gasteiger partial charge in [0.2, 0.25) is 5.91 Å². The van der Waals surface area contributed by atoms with Crippen molar-refractivity contribution in [1.29, 1.82) is 0 Å². The predicted molar refractivity (Wildman–Crippen MR) is 124 cm³/mol. The molecule has 0 saturated heterocycles. The topological polar surface area (TPSA) is 72.2 Å². The second kappa shape index (κ2) is 9.73. The highest BCUT2D eigenvalue weighted by molar-refractivity contribution is 7.98. The van der Waals surface area contributed by atoms with Crippen LogP contribution in [0.2, 0.25) is 0 Å². The highest BCUT2D eigenvalue weighted by atomic mass is 32.2. The summed E-state index contributed by atoms with van der Waals surface area (Å²) in [4.78, 5) is 28.9. The maximum Gasteiger partial charge on any atom is 0.345 e. The average molecular weight is 437 g/mol. The van der Waals surface area contributed by atoms with Crippen LogP contribution < -0.4 is 10.9 Å². The Hall–Kier alpha value is -2.90. The van der Waals surface area contributed by atoms with Gasteiger partial charge in [-0.1, -0.05) is 48.5 Å². The fourth-order valence-corrected chi connectivity index (χ4v) is 4.62. The first kappa shape index (κ1) is 20.4. The standard InChI is InChI=1S/C23H20N2O3S2/c26-21(11-6-12-29-14-16-7-2-1-3-8-16)25-23-24-19(15-30-23)18-13-17-9-4-5-10-20(17)28-22(18)27/h1-5,7-10,13,15H,6,11-12,14H2,(H,24,25,26). The molecule has 0 fully saturated rings. The number of hydrogen-bond acceptors (Lipinski definition) is 6. The molecule has 1 N–H and O–H groups in total. The van der Waals surface area contributed by atoms with Crippen molar-refractivity contribution in [2.24, 2.45) is 0 Å². The third kappa shape index (κ3) is 5.17. The Labute approximate surface area is 182 Å². The average Bonchev–Trinajstić information content (AvgIpc) is 3.22.